The van der Waals surface area contributed by atoms with Gasteiger partial charge in [0.25, 0.3) is 5.91 Å². The van der Waals surface area contributed by atoms with Crippen LogP contribution in [0.25, 0.3) is 10.6 Å². The van der Waals surface area contributed by atoms with E-state index in [-0.39, 0.29) is 18.2 Å². The molecule has 0 aromatic carbocycles. The van der Waals surface area contributed by atoms with Crippen LogP contribution in [0.4, 0.5) is 0 Å². The van der Waals surface area contributed by atoms with Gasteiger partial charge in [-0.05, 0) is 37.6 Å². The molecule has 0 radical (unpaired) electrons. The van der Waals surface area contributed by atoms with E-state index < -0.39 is 5.91 Å². The number of nitrogens with one attached hydrogen (secondary N) is 2. The van der Waals surface area contributed by atoms with Crippen LogP contribution in [0.1, 0.15) is 20.4 Å². The molecule has 2 N–H and O–H groups in total. The normalized spacial score (nSPS) is 10.6. The van der Waals surface area contributed by atoms with Gasteiger partial charge in [-0.3, -0.25) is 9.59 Å². The molecule has 3 rings (SSSR count). The number of thiophene rings is 1. The maximum absolute atomic E-state index is 11.8. The molecule has 0 fully saturated rings. The zero-order valence-corrected chi connectivity index (χ0v) is 15.2. The predicted molar refractivity (Wildman–Crippen MR) is 97.9 cm³/mol. The second kappa shape index (κ2) is 8.09. The van der Waals surface area contributed by atoms with Crippen molar-refractivity contribution in [3.8, 4) is 10.6 Å². The van der Waals surface area contributed by atoms with Crippen LogP contribution in [-0.4, -0.2) is 29.9 Å². The summed E-state index contributed by atoms with van der Waals surface area (Å²) in [6.07, 6.45) is 2.16. The zero-order valence-electron chi connectivity index (χ0n) is 13.6. The van der Waals surface area contributed by atoms with Crippen LogP contribution in [0.5, 0.6) is 0 Å². The van der Waals surface area contributed by atoms with Crippen molar-refractivity contribution in [3.63, 3.8) is 0 Å². The molecule has 0 aliphatic heterocycles. The first-order valence-electron chi connectivity index (χ1n) is 7.71. The van der Waals surface area contributed by atoms with Gasteiger partial charge in [0, 0.05) is 16.8 Å². The highest BCUT2D eigenvalue weighted by molar-refractivity contribution is 7.16. The molecule has 6 nitrogen and oxygen atoms in total. The number of hydrogen-bond donors (Lipinski definition) is 2. The van der Waals surface area contributed by atoms with Crippen LogP contribution in [0.3, 0.4) is 0 Å². The predicted octanol–water partition coefficient (Wildman–Crippen LogP) is 2.86. The molecule has 3 aromatic rings. The lowest BCUT2D eigenvalue weighted by Crippen LogP contribution is -2.37. The Hall–Kier alpha value is -2.45. The number of nitrogens with zero attached hydrogens (tertiary/aromatic N) is 1. The van der Waals surface area contributed by atoms with Gasteiger partial charge in [-0.15, -0.1) is 22.7 Å². The van der Waals surface area contributed by atoms with E-state index in [1.165, 1.54) is 11.1 Å². The van der Waals surface area contributed by atoms with Gasteiger partial charge in [0.2, 0.25) is 5.91 Å². The van der Waals surface area contributed by atoms with Gasteiger partial charge in [0.15, 0.2) is 5.76 Å². The monoisotopic (exact) mass is 375 g/mol. The van der Waals surface area contributed by atoms with E-state index in [4.69, 9.17) is 4.42 Å². The molecular formula is C17H17N3O3S2. The van der Waals surface area contributed by atoms with E-state index in [1.807, 2.05) is 6.92 Å². The number of amides is 2. The fraction of sp³-hybridized carbons (Fsp3) is 0.235. The van der Waals surface area contributed by atoms with E-state index in [2.05, 4.69) is 33.1 Å². The maximum Gasteiger partial charge on any atom is 0.287 e. The molecular weight excluding hydrogens is 358 g/mol. The van der Waals surface area contributed by atoms with Crippen molar-refractivity contribution in [2.24, 2.45) is 0 Å². The highest BCUT2D eigenvalue weighted by Gasteiger charge is 2.10. The van der Waals surface area contributed by atoms with Gasteiger partial charge >= 0.3 is 0 Å². The molecule has 0 saturated carbocycles. The summed E-state index contributed by atoms with van der Waals surface area (Å²) >= 11 is 3.31. The Morgan fingerprint density at radius 2 is 2.12 bits per heavy atom. The fourth-order valence-corrected chi connectivity index (χ4v) is 3.82. The Morgan fingerprint density at radius 1 is 1.24 bits per heavy atom. The van der Waals surface area contributed by atoms with Crippen LogP contribution in [0, 0.1) is 6.92 Å². The van der Waals surface area contributed by atoms with Crippen molar-refractivity contribution in [1.82, 2.24) is 15.6 Å². The Labute approximate surface area is 152 Å². The second-order valence-corrected chi connectivity index (χ2v) is 7.51. The molecule has 0 unspecified atom stereocenters. The molecule has 0 saturated heterocycles. The Balaban J connectivity index is 1.40. The summed E-state index contributed by atoms with van der Waals surface area (Å²) in [5, 5.41) is 8.41. The lowest BCUT2D eigenvalue weighted by atomic mass is 10.3. The average Bonchev–Trinajstić information content (AvgIpc) is 3.33. The van der Waals surface area contributed by atoms with Gasteiger partial charge < -0.3 is 15.1 Å². The minimum absolute atomic E-state index is 0.0761. The average molecular weight is 375 g/mol. The summed E-state index contributed by atoms with van der Waals surface area (Å²) in [6, 6.07) is 7.28. The highest BCUT2D eigenvalue weighted by atomic mass is 32.1. The van der Waals surface area contributed by atoms with E-state index >= 15 is 0 Å². The molecule has 0 spiro atoms. The minimum Gasteiger partial charge on any atom is -0.459 e. The Bertz CT molecular complexity index is 852. The molecule has 8 heteroatoms. The maximum atomic E-state index is 11.8. The molecule has 0 aliphatic carbocycles. The SMILES string of the molecule is Cc1nc(-c2ccc(CCNC(=O)CNC(=O)c3ccco3)s2)cs1. The standard InChI is InChI=1S/C17H17N3O3S2/c1-11-20-13(10-24-11)15-5-4-12(25-15)6-7-18-16(21)9-19-17(22)14-3-2-8-23-14/h2-5,8,10H,6-7,9H2,1H3,(H,18,21)(H,19,22). The largest absolute Gasteiger partial charge is 0.459 e. The van der Waals surface area contributed by atoms with Gasteiger partial charge in [-0.25, -0.2) is 4.98 Å². The minimum atomic E-state index is -0.401. The summed E-state index contributed by atoms with van der Waals surface area (Å²) < 4.78 is 4.96. The molecule has 0 aliphatic rings. The fourth-order valence-electron chi connectivity index (χ4n) is 2.17. The molecule has 2 amide bonds. The van der Waals surface area contributed by atoms with Crippen LogP contribution in [0.15, 0.2) is 40.3 Å². The Morgan fingerprint density at radius 3 is 2.84 bits per heavy atom. The first-order chi connectivity index (χ1) is 12.1. The summed E-state index contributed by atoms with van der Waals surface area (Å²) in [5.74, 6) is -0.440. The molecule has 3 aromatic heterocycles. The lowest BCUT2D eigenvalue weighted by Gasteiger charge is -2.05. The van der Waals surface area contributed by atoms with E-state index in [9.17, 15) is 9.59 Å². The molecule has 25 heavy (non-hydrogen) atoms. The van der Waals surface area contributed by atoms with Crippen LogP contribution in [-0.2, 0) is 11.2 Å². The molecule has 3 heterocycles. The second-order valence-electron chi connectivity index (χ2n) is 5.28. The van der Waals surface area contributed by atoms with Gasteiger partial charge in [-0.1, -0.05) is 0 Å². The third-order valence-corrected chi connectivity index (χ3v) is 5.32. The third-order valence-electron chi connectivity index (χ3n) is 3.38. The number of carbonyl (C=O) groups excluding carboxylic acids is 2. The first-order valence-corrected chi connectivity index (χ1v) is 9.41. The van der Waals surface area contributed by atoms with E-state index in [0.29, 0.717) is 6.54 Å². The smallest absolute Gasteiger partial charge is 0.287 e. The highest BCUT2D eigenvalue weighted by Crippen LogP contribution is 2.29. The van der Waals surface area contributed by atoms with Crippen molar-refractivity contribution in [2.75, 3.05) is 13.1 Å². The van der Waals surface area contributed by atoms with Gasteiger partial charge in [0.05, 0.1) is 28.4 Å². The number of rotatable bonds is 7. The van der Waals surface area contributed by atoms with Crippen LogP contribution >= 0.6 is 22.7 Å². The van der Waals surface area contributed by atoms with Crippen LogP contribution < -0.4 is 10.6 Å². The number of aromatic nitrogens is 1. The summed E-state index contributed by atoms with van der Waals surface area (Å²) in [5.41, 5.74) is 1.00. The van der Waals surface area contributed by atoms with Gasteiger partial charge in [-0.2, -0.15) is 0 Å². The van der Waals surface area contributed by atoms with E-state index in [1.54, 1.807) is 34.8 Å². The van der Waals surface area contributed by atoms with Crippen molar-refractivity contribution in [3.05, 3.63) is 51.6 Å². The third kappa shape index (κ3) is 4.77. The van der Waals surface area contributed by atoms with Crippen molar-refractivity contribution >= 4 is 34.5 Å². The lowest BCUT2D eigenvalue weighted by molar-refractivity contribution is -0.120. The van der Waals surface area contributed by atoms with Crippen LogP contribution in [0.2, 0.25) is 0 Å². The summed E-state index contributed by atoms with van der Waals surface area (Å²) in [6.45, 7) is 2.43. The van der Waals surface area contributed by atoms with Crippen molar-refractivity contribution < 1.29 is 14.0 Å². The first kappa shape index (κ1) is 17.4. The van der Waals surface area contributed by atoms with E-state index in [0.717, 1.165) is 22.0 Å². The summed E-state index contributed by atoms with van der Waals surface area (Å²) in [7, 11) is 0. The van der Waals surface area contributed by atoms with Crippen molar-refractivity contribution in [2.45, 2.75) is 13.3 Å². The van der Waals surface area contributed by atoms with Gasteiger partial charge in [0.1, 0.15) is 0 Å². The number of carbonyl (C=O) groups is 2. The quantitative estimate of drug-likeness (QED) is 0.665. The number of hydrogen-bond acceptors (Lipinski definition) is 6. The number of furan rings is 1. The summed E-state index contributed by atoms with van der Waals surface area (Å²) in [4.78, 5) is 30.2. The number of thiazole rings is 1. The topological polar surface area (TPSA) is 84.2 Å². The Kier molecular flexibility index (Phi) is 5.62. The molecule has 130 valence electrons. The number of aryl methyl sites for hydroxylation is 1. The zero-order chi connectivity index (χ0) is 17.6. The molecule has 0 atom stereocenters. The van der Waals surface area contributed by atoms with Crippen molar-refractivity contribution in [1.29, 1.82) is 0 Å². The molecule has 0 bridgehead atoms.